The third kappa shape index (κ3) is 5.81. The van der Waals surface area contributed by atoms with Gasteiger partial charge in [0.15, 0.2) is 6.61 Å². The van der Waals surface area contributed by atoms with Gasteiger partial charge in [-0.25, -0.2) is 4.79 Å². The Morgan fingerprint density at radius 2 is 1.96 bits per heavy atom. The van der Waals surface area contributed by atoms with Gasteiger partial charge in [-0.2, -0.15) is 13.2 Å². The van der Waals surface area contributed by atoms with E-state index in [2.05, 4.69) is 0 Å². The molecular weight excluding hydrogens is 339 g/mol. The number of amides is 1. The Balaban J connectivity index is 2.04. The van der Waals surface area contributed by atoms with Crippen LogP contribution in [0.2, 0.25) is 0 Å². The fourth-order valence-electron chi connectivity index (χ4n) is 2.22. The van der Waals surface area contributed by atoms with Gasteiger partial charge in [0.25, 0.3) is 5.91 Å². The summed E-state index contributed by atoms with van der Waals surface area (Å²) in [7, 11) is 0. The van der Waals surface area contributed by atoms with Gasteiger partial charge in [-0.1, -0.05) is 13.3 Å². The molecule has 0 bridgehead atoms. The van der Waals surface area contributed by atoms with Gasteiger partial charge in [-0.15, -0.1) is 0 Å². The molecule has 0 unspecified atom stereocenters. The minimum atomic E-state index is -4.46. The van der Waals surface area contributed by atoms with Crippen LogP contribution < -0.4 is 10.4 Å². The zero-order chi connectivity index (χ0) is 18.4. The molecule has 1 aromatic heterocycles. The minimum Gasteiger partial charge on any atom is -0.484 e. The average molecular weight is 357 g/mol. The summed E-state index contributed by atoms with van der Waals surface area (Å²) in [6.07, 6.45) is -3.31. The van der Waals surface area contributed by atoms with Crippen LogP contribution in [0.25, 0.3) is 11.0 Å². The van der Waals surface area contributed by atoms with Crippen molar-refractivity contribution >= 4 is 16.9 Å². The number of unbranched alkanes of at least 4 members (excludes halogenated alkanes) is 1. The molecule has 25 heavy (non-hydrogen) atoms. The third-order valence-corrected chi connectivity index (χ3v) is 3.46. The van der Waals surface area contributed by atoms with Crippen LogP contribution in [0.15, 0.2) is 39.5 Å². The van der Waals surface area contributed by atoms with Gasteiger partial charge in [0.1, 0.15) is 17.9 Å². The highest BCUT2D eigenvalue weighted by Gasteiger charge is 2.32. The Hall–Kier alpha value is -2.51. The van der Waals surface area contributed by atoms with E-state index < -0.39 is 30.9 Å². The largest absolute Gasteiger partial charge is 0.484 e. The standard InChI is InChI=1S/C17H18F3NO4/c1-2-3-8-21(11-17(18,19)20)15(22)10-24-13-6-4-12-5-7-16(23)25-14(12)9-13/h4-7,9H,2-3,8,10-11H2,1H3. The van der Waals surface area contributed by atoms with Crippen molar-refractivity contribution in [2.45, 2.75) is 25.9 Å². The minimum absolute atomic E-state index is 0.0186. The zero-order valence-electron chi connectivity index (χ0n) is 13.6. The second-order valence-corrected chi connectivity index (χ2v) is 5.53. The lowest BCUT2D eigenvalue weighted by atomic mass is 10.2. The fourth-order valence-corrected chi connectivity index (χ4v) is 2.22. The molecule has 0 saturated carbocycles. The molecule has 0 spiro atoms. The molecule has 1 heterocycles. The predicted octanol–water partition coefficient (Wildman–Crippen LogP) is 3.36. The van der Waals surface area contributed by atoms with E-state index in [0.29, 0.717) is 18.2 Å². The topological polar surface area (TPSA) is 59.8 Å². The lowest BCUT2D eigenvalue weighted by Gasteiger charge is -2.23. The van der Waals surface area contributed by atoms with E-state index in [0.717, 1.165) is 4.90 Å². The van der Waals surface area contributed by atoms with Gasteiger partial charge in [0.2, 0.25) is 0 Å². The number of benzene rings is 1. The molecular formula is C17H18F3NO4. The number of hydrogen-bond donors (Lipinski definition) is 0. The van der Waals surface area contributed by atoms with Gasteiger partial charge in [0.05, 0.1) is 0 Å². The van der Waals surface area contributed by atoms with Crippen LogP contribution in [-0.4, -0.2) is 36.7 Å². The number of nitrogens with zero attached hydrogens (tertiary/aromatic N) is 1. The average Bonchev–Trinajstić information content (AvgIpc) is 2.55. The summed E-state index contributed by atoms with van der Waals surface area (Å²) in [6, 6.07) is 7.45. The van der Waals surface area contributed by atoms with Crippen LogP contribution in [-0.2, 0) is 4.79 Å². The number of carbonyl (C=O) groups is 1. The Bertz CT molecular complexity index is 785. The first-order valence-electron chi connectivity index (χ1n) is 7.80. The second kappa shape index (κ2) is 8.04. The number of ether oxygens (including phenoxy) is 1. The van der Waals surface area contributed by atoms with Crippen molar-refractivity contribution in [3.05, 3.63) is 40.8 Å². The Kier molecular flexibility index (Phi) is 6.06. The van der Waals surface area contributed by atoms with Crippen molar-refractivity contribution in [3.63, 3.8) is 0 Å². The Morgan fingerprint density at radius 3 is 2.64 bits per heavy atom. The van der Waals surface area contributed by atoms with Crippen molar-refractivity contribution in [1.82, 2.24) is 4.90 Å². The molecule has 1 aromatic carbocycles. The summed E-state index contributed by atoms with van der Waals surface area (Å²) in [5.41, 5.74) is -0.257. The molecule has 2 rings (SSSR count). The molecule has 5 nitrogen and oxygen atoms in total. The maximum absolute atomic E-state index is 12.6. The smallest absolute Gasteiger partial charge is 0.406 e. The molecule has 0 aliphatic rings. The Morgan fingerprint density at radius 1 is 1.24 bits per heavy atom. The summed E-state index contributed by atoms with van der Waals surface area (Å²) >= 11 is 0. The molecule has 0 radical (unpaired) electrons. The van der Waals surface area contributed by atoms with Crippen LogP contribution in [0.3, 0.4) is 0 Å². The first-order valence-corrected chi connectivity index (χ1v) is 7.80. The van der Waals surface area contributed by atoms with Gasteiger partial charge >= 0.3 is 11.8 Å². The SMILES string of the molecule is CCCCN(CC(F)(F)F)C(=O)COc1ccc2ccc(=O)oc2c1. The highest BCUT2D eigenvalue weighted by atomic mass is 19.4. The Labute approximate surface area is 142 Å². The summed E-state index contributed by atoms with van der Waals surface area (Å²) in [5, 5.41) is 0.667. The molecule has 136 valence electrons. The lowest BCUT2D eigenvalue weighted by molar-refractivity contribution is -0.162. The van der Waals surface area contributed by atoms with E-state index in [1.807, 2.05) is 6.92 Å². The van der Waals surface area contributed by atoms with Gasteiger partial charge in [-0.05, 0) is 24.6 Å². The van der Waals surface area contributed by atoms with E-state index in [1.165, 1.54) is 12.1 Å². The zero-order valence-corrected chi connectivity index (χ0v) is 13.6. The van der Waals surface area contributed by atoms with Crippen molar-refractivity contribution < 1.29 is 27.1 Å². The van der Waals surface area contributed by atoms with Crippen LogP contribution >= 0.6 is 0 Å². The number of rotatable bonds is 7. The summed E-state index contributed by atoms with van der Waals surface area (Å²) in [6.45, 7) is 0.0184. The molecule has 1 amide bonds. The van der Waals surface area contributed by atoms with Crippen molar-refractivity contribution in [3.8, 4) is 5.75 Å². The van der Waals surface area contributed by atoms with Crippen LogP contribution in [0.4, 0.5) is 13.2 Å². The highest BCUT2D eigenvalue weighted by molar-refractivity contribution is 5.79. The molecule has 0 atom stereocenters. The van der Waals surface area contributed by atoms with Crippen molar-refractivity contribution in [2.24, 2.45) is 0 Å². The van der Waals surface area contributed by atoms with Crippen molar-refractivity contribution in [1.29, 1.82) is 0 Å². The molecule has 0 fully saturated rings. The van der Waals surface area contributed by atoms with Crippen LogP contribution in [0.5, 0.6) is 5.75 Å². The van der Waals surface area contributed by atoms with E-state index in [-0.39, 0.29) is 17.9 Å². The van der Waals surface area contributed by atoms with Crippen molar-refractivity contribution in [2.75, 3.05) is 19.7 Å². The summed E-state index contributed by atoms with van der Waals surface area (Å²) in [4.78, 5) is 24.0. The number of fused-ring (bicyclic) bond motifs is 1. The molecule has 0 N–H and O–H groups in total. The molecule has 8 heteroatoms. The second-order valence-electron chi connectivity index (χ2n) is 5.53. The number of alkyl halides is 3. The van der Waals surface area contributed by atoms with Crippen LogP contribution in [0, 0.1) is 0 Å². The van der Waals surface area contributed by atoms with E-state index in [4.69, 9.17) is 9.15 Å². The maximum atomic E-state index is 12.6. The summed E-state index contributed by atoms with van der Waals surface area (Å²) in [5.74, 6) is -0.516. The predicted molar refractivity (Wildman–Crippen MR) is 85.5 cm³/mol. The normalized spacial score (nSPS) is 11.5. The number of halogens is 3. The third-order valence-electron chi connectivity index (χ3n) is 3.46. The van der Waals surface area contributed by atoms with E-state index in [9.17, 15) is 22.8 Å². The van der Waals surface area contributed by atoms with Gasteiger partial charge in [0, 0.05) is 24.1 Å². The van der Waals surface area contributed by atoms with E-state index in [1.54, 1.807) is 18.2 Å². The van der Waals surface area contributed by atoms with E-state index >= 15 is 0 Å². The quantitative estimate of drug-likeness (QED) is 0.713. The number of carbonyl (C=O) groups excluding carboxylic acids is 1. The maximum Gasteiger partial charge on any atom is 0.406 e. The van der Waals surface area contributed by atoms with Gasteiger partial charge < -0.3 is 14.1 Å². The van der Waals surface area contributed by atoms with Gasteiger partial charge in [-0.3, -0.25) is 4.79 Å². The fraction of sp³-hybridized carbons (Fsp3) is 0.412. The molecule has 0 saturated heterocycles. The molecule has 2 aromatic rings. The molecule has 0 aliphatic carbocycles. The monoisotopic (exact) mass is 357 g/mol. The number of hydrogen-bond acceptors (Lipinski definition) is 4. The summed E-state index contributed by atoms with van der Waals surface area (Å²) < 4.78 is 48.0. The molecule has 0 aliphatic heterocycles. The first-order chi connectivity index (χ1) is 11.8. The van der Waals surface area contributed by atoms with Crippen LogP contribution in [0.1, 0.15) is 19.8 Å². The lowest BCUT2D eigenvalue weighted by Crippen LogP contribution is -2.42. The highest BCUT2D eigenvalue weighted by Crippen LogP contribution is 2.20. The first kappa shape index (κ1) is 18.8.